The first-order valence-electron chi connectivity index (χ1n) is 7.61. The summed E-state index contributed by atoms with van der Waals surface area (Å²) in [6.07, 6.45) is 3.53. The van der Waals surface area contributed by atoms with Crippen LogP contribution in [0.15, 0.2) is 30.3 Å². The highest BCUT2D eigenvalue weighted by Gasteiger charge is 2.28. The Morgan fingerprint density at radius 2 is 1.75 bits per heavy atom. The maximum atomic E-state index is 11.0. The van der Waals surface area contributed by atoms with Crippen LogP contribution in [0.3, 0.4) is 0 Å². The van der Waals surface area contributed by atoms with Crippen molar-refractivity contribution in [3.05, 3.63) is 35.9 Å². The molecule has 20 heavy (non-hydrogen) atoms. The topological polar surface area (TPSA) is 49.3 Å². The molecule has 0 saturated heterocycles. The van der Waals surface area contributed by atoms with Crippen molar-refractivity contribution in [2.45, 2.75) is 51.6 Å². The molecule has 1 atom stereocenters. The fourth-order valence-electron chi connectivity index (χ4n) is 3.09. The van der Waals surface area contributed by atoms with E-state index in [2.05, 4.69) is 43.4 Å². The molecule has 1 aromatic rings. The molecule has 0 amide bonds. The molecular formula is C17H25NO2. The Morgan fingerprint density at radius 3 is 2.25 bits per heavy atom. The maximum absolute atomic E-state index is 11.0. The molecule has 110 valence electrons. The normalized spacial score (nSPS) is 24.6. The van der Waals surface area contributed by atoms with Crippen molar-refractivity contribution in [2.24, 2.45) is 11.8 Å². The first kappa shape index (κ1) is 15.0. The highest BCUT2D eigenvalue weighted by molar-refractivity contribution is 5.70. The van der Waals surface area contributed by atoms with E-state index in [0.29, 0.717) is 18.0 Å². The van der Waals surface area contributed by atoms with Crippen LogP contribution in [-0.4, -0.2) is 17.1 Å². The lowest BCUT2D eigenvalue weighted by Crippen LogP contribution is -2.39. The number of rotatable bonds is 5. The van der Waals surface area contributed by atoms with E-state index >= 15 is 0 Å². The third kappa shape index (κ3) is 3.83. The van der Waals surface area contributed by atoms with Gasteiger partial charge in [-0.15, -0.1) is 0 Å². The summed E-state index contributed by atoms with van der Waals surface area (Å²) in [5, 5.41) is 12.8. The monoisotopic (exact) mass is 275 g/mol. The standard InChI is InChI=1S/C17H25NO2/c1-12(2)16(13-6-4-3-5-7-13)18-15-10-8-14(9-11-15)17(19)20/h3-7,12,14-16,18H,8-11H2,1-2H3,(H,19,20). The fourth-order valence-corrected chi connectivity index (χ4v) is 3.09. The summed E-state index contributed by atoms with van der Waals surface area (Å²) in [7, 11) is 0. The van der Waals surface area contributed by atoms with Gasteiger partial charge in [-0.3, -0.25) is 4.79 Å². The minimum atomic E-state index is -0.632. The van der Waals surface area contributed by atoms with Gasteiger partial charge < -0.3 is 10.4 Å². The molecule has 1 aromatic carbocycles. The summed E-state index contributed by atoms with van der Waals surface area (Å²) >= 11 is 0. The van der Waals surface area contributed by atoms with Crippen LogP contribution in [0.1, 0.15) is 51.1 Å². The van der Waals surface area contributed by atoms with Crippen molar-refractivity contribution >= 4 is 5.97 Å². The van der Waals surface area contributed by atoms with Gasteiger partial charge in [0.2, 0.25) is 0 Å². The van der Waals surface area contributed by atoms with Crippen LogP contribution in [-0.2, 0) is 4.79 Å². The lowest BCUT2D eigenvalue weighted by Gasteiger charge is -2.32. The van der Waals surface area contributed by atoms with Crippen LogP contribution in [0.4, 0.5) is 0 Å². The van der Waals surface area contributed by atoms with Gasteiger partial charge in [-0.25, -0.2) is 0 Å². The largest absolute Gasteiger partial charge is 0.481 e. The summed E-state index contributed by atoms with van der Waals surface area (Å²) in [6, 6.07) is 11.3. The molecule has 0 radical (unpaired) electrons. The minimum Gasteiger partial charge on any atom is -0.481 e. The predicted molar refractivity (Wildman–Crippen MR) is 80.5 cm³/mol. The summed E-state index contributed by atoms with van der Waals surface area (Å²) in [6.45, 7) is 4.46. The summed E-state index contributed by atoms with van der Waals surface area (Å²) in [5.41, 5.74) is 1.32. The molecule has 1 fully saturated rings. The average molecular weight is 275 g/mol. The molecule has 0 aliphatic heterocycles. The van der Waals surface area contributed by atoms with Crippen LogP contribution in [0.2, 0.25) is 0 Å². The lowest BCUT2D eigenvalue weighted by molar-refractivity contribution is -0.142. The van der Waals surface area contributed by atoms with Crippen molar-refractivity contribution < 1.29 is 9.90 Å². The molecule has 1 unspecified atom stereocenters. The molecular weight excluding hydrogens is 250 g/mol. The van der Waals surface area contributed by atoms with E-state index in [0.717, 1.165) is 25.7 Å². The average Bonchev–Trinajstić information content (AvgIpc) is 2.46. The molecule has 0 heterocycles. The maximum Gasteiger partial charge on any atom is 0.306 e. The van der Waals surface area contributed by atoms with E-state index in [1.807, 2.05) is 6.07 Å². The predicted octanol–water partition coefficient (Wildman–Crippen LogP) is 3.62. The van der Waals surface area contributed by atoms with Gasteiger partial charge in [0.15, 0.2) is 0 Å². The van der Waals surface area contributed by atoms with Crippen molar-refractivity contribution in [3.63, 3.8) is 0 Å². The first-order valence-corrected chi connectivity index (χ1v) is 7.61. The smallest absolute Gasteiger partial charge is 0.306 e. The zero-order chi connectivity index (χ0) is 14.5. The van der Waals surface area contributed by atoms with E-state index < -0.39 is 5.97 Å². The third-order valence-electron chi connectivity index (χ3n) is 4.32. The second-order valence-corrected chi connectivity index (χ2v) is 6.19. The van der Waals surface area contributed by atoms with Crippen LogP contribution in [0.5, 0.6) is 0 Å². The quantitative estimate of drug-likeness (QED) is 0.863. The Kier molecular flexibility index (Phi) is 5.18. The fraction of sp³-hybridized carbons (Fsp3) is 0.588. The van der Waals surface area contributed by atoms with Gasteiger partial charge in [-0.1, -0.05) is 44.2 Å². The Hall–Kier alpha value is -1.35. The zero-order valence-corrected chi connectivity index (χ0v) is 12.4. The first-order chi connectivity index (χ1) is 9.58. The Morgan fingerprint density at radius 1 is 1.15 bits per heavy atom. The van der Waals surface area contributed by atoms with E-state index in [1.165, 1.54) is 5.56 Å². The van der Waals surface area contributed by atoms with Gasteiger partial charge in [-0.05, 0) is 37.2 Å². The van der Waals surface area contributed by atoms with Crippen molar-refractivity contribution in [3.8, 4) is 0 Å². The Balaban J connectivity index is 1.95. The van der Waals surface area contributed by atoms with Gasteiger partial charge in [0, 0.05) is 12.1 Å². The van der Waals surface area contributed by atoms with Crippen LogP contribution >= 0.6 is 0 Å². The minimum absolute atomic E-state index is 0.137. The molecule has 2 rings (SSSR count). The number of benzene rings is 1. The van der Waals surface area contributed by atoms with Crippen molar-refractivity contribution in [1.29, 1.82) is 0 Å². The number of hydrogen-bond donors (Lipinski definition) is 2. The van der Waals surface area contributed by atoms with Gasteiger partial charge in [0.25, 0.3) is 0 Å². The summed E-state index contributed by atoms with van der Waals surface area (Å²) < 4.78 is 0. The molecule has 1 aliphatic rings. The molecule has 3 nitrogen and oxygen atoms in total. The lowest BCUT2D eigenvalue weighted by atomic mass is 9.84. The van der Waals surface area contributed by atoms with Crippen LogP contribution in [0, 0.1) is 11.8 Å². The molecule has 1 aliphatic carbocycles. The number of hydrogen-bond acceptors (Lipinski definition) is 2. The van der Waals surface area contributed by atoms with Crippen molar-refractivity contribution in [1.82, 2.24) is 5.32 Å². The molecule has 1 saturated carbocycles. The zero-order valence-electron chi connectivity index (χ0n) is 12.4. The van der Waals surface area contributed by atoms with Gasteiger partial charge in [0.1, 0.15) is 0 Å². The molecule has 0 aromatic heterocycles. The number of nitrogens with one attached hydrogen (secondary N) is 1. The second-order valence-electron chi connectivity index (χ2n) is 6.19. The van der Waals surface area contributed by atoms with Crippen LogP contribution < -0.4 is 5.32 Å². The highest BCUT2D eigenvalue weighted by Crippen LogP contribution is 2.28. The SMILES string of the molecule is CC(C)C(NC1CCC(C(=O)O)CC1)c1ccccc1. The van der Waals surface area contributed by atoms with E-state index in [1.54, 1.807) is 0 Å². The number of carbonyl (C=O) groups is 1. The van der Waals surface area contributed by atoms with E-state index in [-0.39, 0.29) is 5.92 Å². The third-order valence-corrected chi connectivity index (χ3v) is 4.32. The summed E-state index contributed by atoms with van der Waals surface area (Å²) in [5.74, 6) is -0.246. The van der Waals surface area contributed by atoms with Gasteiger partial charge in [-0.2, -0.15) is 0 Å². The summed E-state index contributed by atoms with van der Waals surface area (Å²) in [4.78, 5) is 11.0. The van der Waals surface area contributed by atoms with Gasteiger partial charge >= 0.3 is 5.97 Å². The second kappa shape index (κ2) is 6.89. The van der Waals surface area contributed by atoms with E-state index in [4.69, 9.17) is 5.11 Å². The Labute approximate surface area is 121 Å². The number of carboxylic acid groups (broad SMARTS) is 1. The molecule has 2 N–H and O–H groups in total. The van der Waals surface area contributed by atoms with Crippen molar-refractivity contribution in [2.75, 3.05) is 0 Å². The van der Waals surface area contributed by atoms with E-state index in [9.17, 15) is 4.79 Å². The van der Waals surface area contributed by atoms with Gasteiger partial charge in [0.05, 0.1) is 5.92 Å². The van der Waals surface area contributed by atoms with Crippen LogP contribution in [0.25, 0.3) is 0 Å². The Bertz CT molecular complexity index is 422. The molecule has 0 bridgehead atoms. The highest BCUT2D eigenvalue weighted by atomic mass is 16.4. The number of aliphatic carboxylic acids is 1. The molecule has 3 heteroatoms. The molecule has 0 spiro atoms. The number of carboxylic acids is 1.